The summed E-state index contributed by atoms with van der Waals surface area (Å²) in [6.45, 7) is 9.04. The molecule has 0 N–H and O–H groups in total. The van der Waals surface area contributed by atoms with Crippen molar-refractivity contribution in [2.45, 2.75) is 45.8 Å². The van der Waals surface area contributed by atoms with Crippen molar-refractivity contribution >= 4 is 16.7 Å². The molecule has 4 rings (SSSR count). The normalized spacial score (nSPS) is 20.9. The molecule has 0 atom stereocenters. The molecule has 2 aromatic rings. The van der Waals surface area contributed by atoms with Gasteiger partial charge < -0.3 is 9.47 Å². The summed E-state index contributed by atoms with van der Waals surface area (Å²) in [5, 5.41) is 1.10. The average Bonchev–Trinajstić information content (AvgIpc) is 2.77. The van der Waals surface area contributed by atoms with E-state index >= 15 is 0 Å². The van der Waals surface area contributed by atoms with Gasteiger partial charge >= 0.3 is 0 Å². The number of alkyl halides is 2. The quantitative estimate of drug-likeness (QED) is 0.850. The van der Waals surface area contributed by atoms with Crippen molar-refractivity contribution in [2.24, 2.45) is 0 Å². The van der Waals surface area contributed by atoms with Gasteiger partial charge in [-0.3, -0.25) is 4.90 Å². The van der Waals surface area contributed by atoms with E-state index in [0.29, 0.717) is 6.04 Å². The summed E-state index contributed by atoms with van der Waals surface area (Å²) < 4.78 is 28.5. The Hall–Kier alpha value is -1.69. The maximum atomic E-state index is 13.1. The van der Waals surface area contributed by atoms with Crippen LogP contribution in [0.1, 0.15) is 25.1 Å². The van der Waals surface area contributed by atoms with Crippen molar-refractivity contribution in [1.29, 1.82) is 0 Å². The standard InChI is InChI=1S/C17H22F2N4/c1-11(2)21-4-5-23-15(8-21)12(3)14-6-13(7-20-16(14)23)22-9-17(18,19)10-22/h6-7,11H,4-5,8-10H2,1-3H3. The Balaban J connectivity index is 1.72. The van der Waals surface area contributed by atoms with Crippen LogP contribution in [0.25, 0.3) is 11.0 Å². The third-order valence-electron chi connectivity index (χ3n) is 5.17. The Morgan fingerprint density at radius 3 is 2.61 bits per heavy atom. The summed E-state index contributed by atoms with van der Waals surface area (Å²) in [5.41, 5.74) is 4.32. The van der Waals surface area contributed by atoms with Crippen LogP contribution in [0, 0.1) is 6.92 Å². The molecular formula is C17H22F2N4. The molecular weight excluding hydrogens is 298 g/mol. The van der Waals surface area contributed by atoms with Crippen LogP contribution in [0.2, 0.25) is 0 Å². The summed E-state index contributed by atoms with van der Waals surface area (Å²) in [4.78, 5) is 8.75. The highest BCUT2D eigenvalue weighted by Gasteiger charge is 2.44. The van der Waals surface area contributed by atoms with Crippen LogP contribution in [-0.4, -0.2) is 46.0 Å². The Labute approximate surface area is 134 Å². The van der Waals surface area contributed by atoms with Crippen LogP contribution in [0.4, 0.5) is 14.5 Å². The number of anilines is 1. The average molecular weight is 320 g/mol. The molecule has 0 amide bonds. The minimum absolute atomic E-state index is 0.200. The van der Waals surface area contributed by atoms with Gasteiger partial charge in [-0.2, -0.15) is 0 Å². The molecule has 2 aromatic heterocycles. The highest BCUT2D eigenvalue weighted by Crippen LogP contribution is 2.35. The number of pyridine rings is 1. The topological polar surface area (TPSA) is 24.3 Å². The third-order valence-corrected chi connectivity index (χ3v) is 5.17. The second-order valence-electron chi connectivity index (χ2n) is 7.06. The number of hydrogen-bond acceptors (Lipinski definition) is 3. The van der Waals surface area contributed by atoms with Crippen LogP contribution in [0.3, 0.4) is 0 Å². The van der Waals surface area contributed by atoms with Crippen molar-refractivity contribution in [1.82, 2.24) is 14.5 Å². The first-order valence-electron chi connectivity index (χ1n) is 8.20. The lowest BCUT2D eigenvalue weighted by Crippen LogP contribution is -2.56. The molecule has 2 aliphatic heterocycles. The minimum atomic E-state index is -2.55. The first-order chi connectivity index (χ1) is 10.9. The van der Waals surface area contributed by atoms with E-state index in [1.165, 1.54) is 11.3 Å². The lowest BCUT2D eigenvalue weighted by molar-refractivity contribution is -0.0262. The summed E-state index contributed by atoms with van der Waals surface area (Å²) >= 11 is 0. The predicted molar refractivity (Wildman–Crippen MR) is 87.2 cm³/mol. The number of hydrogen-bond donors (Lipinski definition) is 0. The monoisotopic (exact) mass is 320 g/mol. The smallest absolute Gasteiger partial charge is 0.282 e. The number of nitrogens with zero attached hydrogens (tertiary/aromatic N) is 4. The largest absolute Gasteiger partial charge is 0.358 e. The van der Waals surface area contributed by atoms with Crippen LogP contribution in [0.15, 0.2) is 12.3 Å². The van der Waals surface area contributed by atoms with Gasteiger partial charge in [0.15, 0.2) is 0 Å². The molecule has 4 heterocycles. The lowest BCUT2D eigenvalue weighted by atomic mass is 10.1. The van der Waals surface area contributed by atoms with E-state index in [1.54, 1.807) is 11.1 Å². The number of halogens is 2. The van der Waals surface area contributed by atoms with Gasteiger partial charge in [-0.15, -0.1) is 0 Å². The third kappa shape index (κ3) is 2.31. The minimum Gasteiger partial charge on any atom is -0.358 e. The number of fused-ring (bicyclic) bond motifs is 3. The Kier molecular flexibility index (Phi) is 3.17. The molecule has 0 aromatic carbocycles. The van der Waals surface area contributed by atoms with E-state index in [-0.39, 0.29) is 13.1 Å². The molecule has 0 saturated carbocycles. The van der Waals surface area contributed by atoms with Gasteiger partial charge in [0.05, 0.1) is 25.0 Å². The van der Waals surface area contributed by atoms with E-state index in [2.05, 4.69) is 35.2 Å². The van der Waals surface area contributed by atoms with E-state index in [9.17, 15) is 8.78 Å². The summed E-state index contributed by atoms with van der Waals surface area (Å²) in [7, 11) is 0. The molecule has 124 valence electrons. The number of rotatable bonds is 2. The van der Waals surface area contributed by atoms with Crippen molar-refractivity contribution < 1.29 is 8.78 Å². The van der Waals surface area contributed by atoms with Crippen LogP contribution >= 0.6 is 0 Å². The van der Waals surface area contributed by atoms with Gasteiger partial charge in [-0.25, -0.2) is 13.8 Å². The molecule has 0 aliphatic carbocycles. The SMILES string of the molecule is Cc1c2n(c3ncc(N4CC(F)(F)C4)cc13)CCN(C(C)C)C2. The van der Waals surface area contributed by atoms with Crippen molar-refractivity contribution in [2.75, 3.05) is 24.5 Å². The zero-order valence-corrected chi connectivity index (χ0v) is 13.8. The zero-order valence-electron chi connectivity index (χ0n) is 13.8. The van der Waals surface area contributed by atoms with E-state index in [4.69, 9.17) is 0 Å². The molecule has 0 bridgehead atoms. The Bertz CT molecular complexity index is 758. The second-order valence-corrected chi connectivity index (χ2v) is 7.06. The lowest BCUT2D eigenvalue weighted by Gasteiger charge is -2.40. The molecule has 23 heavy (non-hydrogen) atoms. The molecule has 1 fully saturated rings. The highest BCUT2D eigenvalue weighted by atomic mass is 19.3. The van der Waals surface area contributed by atoms with Crippen LogP contribution in [-0.2, 0) is 13.1 Å². The summed E-state index contributed by atoms with van der Waals surface area (Å²) in [6.07, 6.45) is 1.74. The molecule has 0 spiro atoms. The fourth-order valence-corrected chi connectivity index (χ4v) is 3.68. The highest BCUT2D eigenvalue weighted by molar-refractivity contribution is 5.85. The van der Waals surface area contributed by atoms with Crippen molar-refractivity contribution in [3.8, 4) is 0 Å². The maximum absolute atomic E-state index is 13.1. The molecule has 4 nitrogen and oxygen atoms in total. The van der Waals surface area contributed by atoms with Gasteiger partial charge in [0, 0.05) is 36.8 Å². The number of aryl methyl sites for hydroxylation is 1. The molecule has 2 aliphatic rings. The van der Waals surface area contributed by atoms with E-state index < -0.39 is 5.92 Å². The molecule has 1 saturated heterocycles. The van der Waals surface area contributed by atoms with E-state index in [0.717, 1.165) is 36.4 Å². The van der Waals surface area contributed by atoms with Crippen molar-refractivity contribution in [3.05, 3.63) is 23.5 Å². The Morgan fingerprint density at radius 1 is 1.22 bits per heavy atom. The molecule has 0 radical (unpaired) electrons. The molecule has 0 unspecified atom stereocenters. The van der Waals surface area contributed by atoms with Gasteiger partial charge in [0.25, 0.3) is 5.92 Å². The maximum Gasteiger partial charge on any atom is 0.282 e. The second kappa shape index (κ2) is 4.90. The van der Waals surface area contributed by atoms with Gasteiger partial charge in [0.2, 0.25) is 0 Å². The van der Waals surface area contributed by atoms with Gasteiger partial charge in [0.1, 0.15) is 5.65 Å². The van der Waals surface area contributed by atoms with Gasteiger partial charge in [-0.05, 0) is 32.4 Å². The zero-order chi connectivity index (χ0) is 16.4. The van der Waals surface area contributed by atoms with Gasteiger partial charge in [-0.1, -0.05) is 0 Å². The summed E-state index contributed by atoms with van der Waals surface area (Å²) in [5.74, 6) is -2.55. The Morgan fingerprint density at radius 2 is 1.96 bits per heavy atom. The van der Waals surface area contributed by atoms with Crippen LogP contribution < -0.4 is 4.90 Å². The summed E-state index contributed by atoms with van der Waals surface area (Å²) in [6, 6.07) is 2.55. The van der Waals surface area contributed by atoms with Crippen molar-refractivity contribution in [3.63, 3.8) is 0 Å². The fraction of sp³-hybridized carbons (Fsp3) is 0.588. The molecule has 6 heteroatoms. The van der Waals surface area contributed by atoms with E-state index in [1.807, 2.05) is 6.07 Å². The number of aromatic nitrogens is 2. The first-order valence-corrected chi connectivity index (χ1v) is 8.20. The fourth-order valence-electron chi connectivity index (χ4n) is 3.68. The van der Waals surface area contributed by atoms with Crippen LogP contribution in [0.5, 0.6) is 0 Å². The first kappa shape index (κ1) is 14.9. The predicted octanol–water partition coefficient (Wildman–Crippen LogP) is 3.02.